The van der Waals surface area contributed by atoms with Crippen molar-refractivity contribution in [1.82, 2.24) is 0 Å². The van der Waals surface area contributed by atoms with Gasteiger partial charge in [0.1, 0.15) is 0 Å². The fourth-order valence-electron chi connectivity index (χ4n) is 0. The first-order valence-electron chi connectivity index (χ1n) is 3.59. The van der Waals surface area contributed by atoms with E-state index in [1.807, 2.05) is 27.7 Å². The second-order valence-corrected chi connectivity index (χ2v) is 3.33. The Morgan fingerprint density at radius 1 is 1.36 bits per heavy atom. The van der Waals surface area contributed by atoms with Crippen molar-refractivity contribution in [2.75, 3.05) is 0 Å². The van der Waals surface area contributed by atoms with Crippen molar-refractivity contribution >= 4 is 5.97 Å². The Bertz CT molecular complexity index is 107. The largest absolute Gasteiger partial charge is 0.481 e. The monoisotopic (exact) mass is 162 g/mol. The number of carboxylic acid groups (broad SMARTS) is 1. The van der Waals surface area contributed by atoms with E-state index in [-0.39, 0.29) is 0 Å². The molecule has 0 saturated heterocycles. The van der Waals surface area contributed by atoms with Gasteiger partial charge in [-0.25, -0.2) is 0 Å². The lowest BCUT2D eigenvalue weighted by Crippen LogP contribution is -2.25. The molecular weight excluding hydrogens is 144 g/mol. The van der Waals surface area contributed by atoms with Gasteiger partial charge in [0.15, 0.2) is 0 Å². The number of hydrogen-bond acceptors (Lipinski definition) is 2. The molecule has 0 aliphatic heterocycles. The average molecular weight is 162 g/mol. The van der Waals surface area contributed by atoms with Gasteiger partial charge in [-0.15, -0.1) is 0 Å². The first kappa shape index (κ1) is 13.1. The van der Waals surface area contributed by atoms with E-state index in [0.717, 1.165) is 6.92 Å². The number of aliphatic carboxylic acids is 1. The fourth-order valence-corrected chi connectivity index (χ4v) is 0. The van der Waals surface area contributed by atoms with Crippen molar-refractivity contribution in [3.05, 3.63) is 0 Å². The molecule has 3 heteroatoms. The molecule has 0 atom stereocenters. The molecule has 0 aromatic heterocycles. The Labute approximate surface area is 68.0 Å². The van der Waals surface area contributed by atoms with Gasteiger partial charge in [0.25, 0.3) is 5.97 Å². The second-order valence-electron chi connectivity index (χ2n) is 3.33. The van der Waals surface area contributed by atoms with Crippen LogP contribution in [-0.4, -0.2) is 21.8 Å². The molecule has 0 aliphatic rings. The van der Waals surface area contributed by atoms with Gasteiger partial charge in [-0.3, -0.25) is 4.79 Å². The molecule has 0 unspecified atom stereocenters. The van der Waals surface area contributed by atoms with Crippen LogP contribution in [0.4, 0.5) is 0 Å². The summed E-state index contributed by atoms with van der Waals surface area (Å²) in [6.07, 6.45) is 0. The first-order chi connectivity index (χ1) is 4.68. The van der Waals surface area contributed by atoms with Crippen LogP contribution in [0.2, 0.25) is 0 Å². The standard InChI is InChI=1S/C6H14O.C2H4O2/c1-5(2)6(3,4)7;1-2(3)4/h5,7H,1-4H3;1H3,(H,3,4). The van der Waals surface area contributed by atoms with Gasteiger partial charge >= 0.3 is 0 Å². The molecule has 3 nitrogen and oxygen atoms in total. The van der Waals surface area contributed by atoms with Crippen molar-refractivity contribution in [3.8, 4) is 0 Å². The minimum atomic E-state index is -0.833. The number of hydrogen-bond donors (Lipinski definition) is 2. The van der Waals surface area contributed by atoms with E-state index < -0.39 is 11.6 Å². The lowest BCUT2D eigenvalue weighted by Gasteiger charge is -2.21. The Morgan fingerprint density at radius 2 is 1.45 bits per heavy atom. The van der Waals surface area contributed by atoms with Crippen molar-refractivity contribution in [3.63, 3.8) is 0 Å². The topological polar surface area (TPSA) is 57.5 Å². The van der Waals surface area contributed by atoms with Crippen LogP contribution in [0, 0.1) is 5.92 Å². The smallest absolute Gasteiger partial charge is 0.300 e. The highest BCUT2D eigenvalue weighted by Crippen LogP contribution is 2.12. The third-order valence-electron chi connectivity index (χ3n) is 1.41. The maximum atomic E-state index is 9.09. The van der Waals surface area contributed by atoms with Crippen LogP contribution in [0.15, 0.2) is 0 Å². The molecule has 0 aliphatic carbocycles. The van der Waals surface area contributed by atoms with E-state index in [2.05, 4.69) is 0 Å². The third kappa shape index (κ3) is 17.7. The van der Waals surface area contributed by atoms with E-state index in [0.29, 0.717) is 5.92 Å². The minimum absolute atomic E-state index is 0.354. The molecule has 0 saturated carbocycles. The molecule has 0 fully saturated rings. The van der Waals surface area contributed by atoms with Crippen LogP contribution in [0.25, 0.3) is 0 Å². The Balaban J connectivity index is 0. The number of carboxylic acids is 1. The first-order valence-corrected chi connectivity index (χ1v) is 3.59. The van der Waals surface area contributed by atoms with Gasteiger partial charge in [0, 0.05) is 6.92 Å². The van der Waals surface area contributed by atoms with Crippen LogP contribution in [0.1, 0.15) is 34.6 Å². The van der Waals surface area contributed by atoms with Crippen molar-refractivity contribution < 1.29 is 15.0 Å². The lowest BCUT2D eigenvalue weighted by molar-refractivity contribution is -0.134. The van der Waals surface area contributed by atoms with Gasteiger partial charge in [-0.1, -0.05) is 13.8 Å². The summed E-state index contributed by atoms with van der Waals surface area (Å²) < 4.78 is 0. The average Bonchev–Trinajstić information content (AvgIpc) is 1.59. The van der Waals surface area contributed by atoms with E-state index >= 15 is 0 Å². The minimum Gasteiger partial charge on any atom is -0.481 e. The molecular formula is C8H18O3. The molecule has 0 spiro atoms. The van der Waals surface area contributed by atoms with Crippen LogP contribution >= 0.6 is 0 Å². The quantitative estimate of drug-likeness (QED) is 0.614. The molecule has 0 rings (SSSR count). The number of rotatable bonds is 1. The number of aliphatic hydroxyl groups is 1. The van der Waals surface area contributed by atoms with Crippen molar-refractivity contribution in [2.45, 2.75) is 40.2 Å². The van der Waals surface area contributed by atoms with E-state index in [9.17, 15) is 0 Å². The summed E-state index contributed by atoms with van der Waals surface area (Å²) >= 11 is 0. The zero-order valence-electron chi connectivity index (χ0n) is 7.88. The maximum absolute atomic E-state index is 9.09. The van der Waals surface area contributed by atoms with E-state index in [1.165, 1.54) is 0 Å². The third-order valence-corrected chi connectivity index (χ3v) is 1.41. The molecule has 68 valence electrons. The van der Waals surface area contributed by atoms with Gasteiger partial charge in [-0.05, 0) is 19.8 Å². The summed E-state index contributed by atoms with van der Waals surface area (Å²) in [5.74, 6) is -0.479. The molecule has 0 bridgehead atoms. The lowest BCUT2D eigenvalue weighted by atomic mass is 9.95. The van der Waals surface area contributed by atoms with E-state index in [1.54, 1.807) is 0 Å². The predicted molar refractivity (Wildman–Crippen MR) is 44.4 cm³/mol. The van der Waals surface area contributed by atoms with Crippen LogP contribution < -0.4 is 0 Å². The summed E-state index contributed by atoms with van der Waals surface area (Å²) in [7, 11) is 0. The second kappa shape index (κ2) is 5.13. The zero-order valence-corrected chi connectivity index (χ0v) is 7.88. The maximum Gasteiger partial charge on any atom is 0.300 e. The summed E-state index contributed by atoms with van der Waals surface area (Å²) in [5, 5.41) is 16.5. The highest BCUT2D eigenvalue weighted by atomic mass is 16.4. The Kier molecular flexibility index (Phi) is 6.09. The van der Waals surface area contributed by atoms with Crippen LogP contribution in [0.3, 0.4) is 0 Å². The fraction of sp³-hybridized carbons (Fsp3) is 0.875. The highest BCUT2D eigenvalue weighted by molar-refractivity contribution is 5.62. The van der Waals surface area contributed by atoms with Crippen LogP contribution in [0.5, 0.6) is 0 Å². The molecule has 11 heavy (non-hydrogen) atoms. The normalized spacial score (nSPS) is 10.5. The zero-order chi connectivity index (χ0) is 9.65. The molecule has 0 heterocycles. The highest BCUT2D eigenvalue weighted by Gasteiger charge is 2.16. The molecule has 0 aromatic carbocycles. The molecule has 0 amide bonds. The summed E-state index contributed by atoms with van der Waals surface area (Å²) in [5.41, 5.74) is -0.500. The Hall–Kier alpha value is -0.570. The van der Waals surface area contributed by atoms with Gasteiger partial charge in [0.2, 0.25) is 0 Å². The van der Waals surface area contributed by atoms with Crippen molar-refractivity contribution in [2.24, 2.45) is 5.92 Å². The van der Waals surface area contributed by atoms with Crippen LogP contribution in [-0.2, 0) is 4.79 Å². The molecule has 0 aromatic rings. The molecule has 2 N–H and O–H groups in total. The van der Waals surface area contributed by atoms with Gasteiger partial charge in [0.05, 0.1) is 5.60 Å². The van der Waals surface area contributed by atoms with Crippen molar-refractivity contribution in [1.29, 1.82) is 0 Å². The Morgan fingerprint density at radius 3 is 1.45 bits per heavy atom. The SMILES string of the molecule is CC(=O)O.CC(C)C(C)(C)O. The number of carbonyl (C=O) groups is 1. The summed E-state index contributed by atoms with van der Waals surface area (Å²) in [6, 6.07) is 0. The van der Waals surface area contributed by atoms with Gasteiger partial charge < -0.3 is 10.2 Å². The van der Waals surface area contributed by atoms with E-state index in [4.69, 9.17) is 15.0 Å². The van der Waals surface area contributed by atoms with Gasteiger partial charge in [-0.2, -0.15) is 0 Å². The predicted octanol–water partition coefficient (Wildman–Crippen LogP) is 1.50. The summed E-state index contributed by atoms with van der Waals surface area (Å²) in [4.78, 5) is 9.00. The molecule has 0 radical (unpaired) electrons. The summed E-state index contributed by atoms with van der Waals surface area (Å²) in [6.45, 7) is 8.72.